The first-order valence-electron chi connectivity index (χ1n) is 10.9. The van der Waals surface area contributed by atoms with E-state index < -0.39 is 0 Å². The number of amides is 1. The first kappa shape index (κ1) is 21.3. The number of rotatable bonds is 7. The highest BCUT2D eigenvalue weighted by atomic mass is 16.5. The summed E-state index contributed by atoms with van der Waals surface area (Å²) >= 11 is 0. The molecule has 1 aliphatic carbocycles. The van der Waals surface area contributed by atoms with Crippen molar-refractivity contribution in [3.8, 4) is 5.75 Å². The summed E-state index contributed by atoms with van der Waals surface area (Å²) in [5, 5.41) is 9.75. The number of aliphatic hydroxyl groups is 1. The van der Waals surface area contributed by atoms with E-state index in [1.165, 1.54) is 12.8 Å². The third kappa shape index (κ3) is 4.14. The van der Waals surface area contributed by atoms with E-state index in [1.54, 1.807) is 13.3 Å². The zero-order chi connectivity index (χ0) is 22.0. The average molecular weight is 423 g/mol. The molecular weight excluding hydrogens is 392 g/mol. The van der Waals surface area contributed by atoms with Crippen LogP contribution in [0.2, 0.25) is 0 Å². The van der Waals surface area contributed by atoms with E-state index in [-0.39, 0.29) is 18.6 Å². The van der Waals surface area contributed by atoms with Gasteiger partial charge in [0.25, 0.3) is 5.91 Å². The first-order chi connectivity index (χ1) is 15.0. The summed E-state index contributed by atoms with van der Waals surface area (Å²) in [6.45, 7) is 4.48. The largest absolute Gasteiger partial charge is 0.496 e. The summed E-state index contributed by atoms with van der Waals surface area (Å²) < 4.78 is 7.57. The number of carbonyl (C=O) groups excluding carboxylic acids is 1. The number of carbonyl (C=O) groups is 1. The Kier molecular flexibility index (Phi) is 6.23. The quantitative estimate of drug-likeness (QED) is 0.627. The van der Waals surface area contributed by atoms with E-state index in [0.717, 1.165) is 23.9 Å². The second-order valence-electron chi connectivity index (χ2n) is 8.40. The minimum absolute atomic E-state index is 0.0265. The van der Waals surface area contributed by atoms with Crippen molar-refractivity contribution in [1.29, 1.82) is 0 Å². The van der Waals surface area contributed by atoms with Crippen LogP contribution in [0.1, 0.15) is 61.3 Å². The molecule has 1 amide bonds. The number of aliphatic hydroxyl groups excluding tert-OH is 1. The Balaban J connectivity index is 1.65. The number of fused-ring (bicyclic) bond motifs is 1. The van der Waals surface area contributed by atoms with Crippen LogP contribution in [0.5, 0.6) is 5.75 Å². The number of nitrogens with zero attached hydrogens (tertiary/aromatic N) is 4. The van der Waals surface area contributed by atoms with Crippen LogP contribution in [0.3, 0.4) is 0 Å². The molecule has 1 aromatic carbocycles. The van der Waals surface area contributed by atoms with Crippen LogP contribution in [-0.2, 0) is 13.2 Å². The maximum Gasteiger partial charge on any atom is 0.258 e. The Morgan fingerprint density at radius 1 is 1.29 bits per heavy atom. The molecule has 1 N–H and O–H groups in total. The highest BCUT2D eigenvalue weighted by Gasteiger charge is 2.31. The highest BCUT2D eigenvalue weighted by Crippen LogP contribution is 2.30. The molecular formula is C24H30N4O3. The third-order valence-corrected chi connectivity index (χ3v) is 6.09. The lowest BCUT2D eigenvalue weighted by molar-refractivity contribution is 0.0610. The monoisotopic (exact) mass is 422 g/mol. The van der Waals surface area contributed by atoms with Gasteiger partial charge in [0.2, 0.25) is 0 Å². The van der Waals surface area contributed by atoms with Crippen LogP contribution in [0, 0.1) is 0 Å². The van der Waals surface area contributed by atoms with Gasteiger partial charge in [-0.3, -0.25) is 4.79 Å². The number of benzene rings is 1. The Labute approximate surface area is 182 Å². The summed E-state index contributed by atoms with van der Waals surface area (Å²) in [6, 6.07) is 9.94. The topological polar surface area (TPSA) is 80.5 Å². The molecule has 7 nitrogen and oxygen atoms in total. The smallest absolute Gasteiger partial charge is 0.258 e. The summed E-state index contributed by atoms with van der Waals surface area (Å²) in [6.07, 6.45) is 6.18. The predicted octanol–water partition coefficient (Wildman–Crippen LogP) is 3.77. The van der Waals surface area contributed by atoms with Crippen molar-refractivity contribution >= 4 is 17.1 Å². The average Bonchev–Trinajstić information content (AvgIpc) is 3.42. The Morgan fingerprint density at radius 2 is 2.06 bits per heavy atom. The molecule has 0 unspecified atom stereocenters. The van der Waals surface area contributed by atoms with Crippen molar-refractivity contribution in [2.75, 3.05) is 7.11 Å². The fourth-order valence-electron chi connectivity index (χ4n) is 4.64. The Hall–Kier alpha value is -2.93. The molecule has 7 heteroatoms. The molecule has 1 aliphatic rings. The SMILES string of the molecule is COc1cc(Cn2c(CO)nc3ncccc32)ccc1C(=O)N(C(C)C)C1CCCC1. The van der Waals surface area contributed by atoms with Crippen molar-refractivity contribution in [3.63, 3.8) is 0 Å². The maximum absolute atomic E-state index is 13.4. The van der Waals surface area contributed by atoms with Crippen molar-refractivity contribution in [1.82, 2.24) is 19.4 Å². The van der Waals surface area contributed by atoms with E-state index in [2.05, 4.69) is 23.8 Å². The van der Waals surface area contributed by atoms with E-state index in [0.29, 0.717) is 35.4 Å². The lowest BCUT2D eigenvalue weighted by Gasteiger charge is -2.33. The van der Waals surface area contributed by atoms with Gasteiger partial charge in [-0.25, -0.2) is 9.97 Å². The third-order valence-electron chi connectivity index (χ3n) is 6.09. The van der Waals surface area contributed by atoms with Crippen molar-refractivity contribution in [2.24, 2.45) is 0 Å². The van der Waals surface area contributed by atoms with Gasteiger partial charge in [0.1, 0.15) is 18.2 Å². The number of hydrogen-bond donors (Lipinski definition) is 1. The molecule has 0 bridgehead atoms. The van der Waals surface area contributed by atoms with Gasteiger partial charge >= 0.3 is 0 Å². The van der Waals surface area contributed by atoms with Gasteiger partial charge in [0, 0.05) is 24.8 Å². The second kappa shape index (κ2) is 9.06. The van der Waals surface area contributed by atoms with Gasteiger partial charge in [-0.15, -0.1) is 0 Å². The number of aromatic nitrogens is 3. The van der Waals surface area contributed by atoms with Crippen LogP contribution in [0.4, 0.5) is 0 Å². The highest BCUT2D eigenvalue weighted by molar-refractivity contribution is 5.97. The van der Waals surface area contributed by atoms with Crippen LogP contribution in [-0.4, -0.2) is 49.6 Å². The van der Waals surface area contributed by atoms with Crippen molar-refractivity contribution in [2.45, 2.75) is 64.8 Å². The summed E-state index contributed by atoms with van der Waals surface area (Å²) in [5.74, 6) is 1.15. The summed E-state index contributed by atoms with van der Waals surface area (Å²) in [4.78, 5) is 24.2. The summed E-state index contributed by atoms with van der Waals surface area (Å²) in [5.41, 5.74) is 3.02. The second-order valence-corrected chi connectivity index (χ2v) is 8.40. The first-order valence-corrected chi connectivity index (χ1v) is 10.9. The van der Waals surface area contributed by atoms with Crippen LogP contribution in [0.15, 0.2) is 36.5 Å². The predicted molar refractivity (Wildman–Crippen MR) is 119 cm³/mol. The van der Waals surface area contributed by atoms with Crippen molar-refractivity contribution < 1.29 is 14.6 Å². The normalized spacial score (nSPS) is 14.5. The van der Waals surface area contributed by atoms with Gasteiger partial charge in [0.15, 0.2) is 5.65 Å². The molecule has 1 fully saturated rings. The fourth-order valence-corrected chi connectivity index (χ4v) is 4.64. The minimum Gasteiger partial charge on any atom is -0.496 e. The molecule has 0 spiro atoms. The fraction of sp³-hybridized carbons (Fsp3) is 0.458. The molecule has 3 aromatic rings. The molecule has 0 radical (unpaired) electrons. The molecule has 4 rings (SSSR count). The lowest BCUT2D eigenvalue weighted by atomic mass is 10.1. The van der Waals surface area contributed by atoms with Crippen molar-refractivity contribution in [3.05, 3.63) is 53.5 Å². The van der Waals surface area contributed by atoms with Crippen LogP contribution < -0.4 is 4.74 Å². The van der Waals surface area contributed by atoms with E-state index in [9.17, 15) is 9.90 Å². The van der Waals surface area contributed by atoms with Crippen LogP contribution >= 0.6 is 0 Å². The Bertz CT molecular complexity index is 1070. The number of pyridine rings is 1. The maximum atomic E-state index is 13.4. The number of ether oxygens (including phenoxy) is 1. The van der Waals surface area contributed by atoms with Gasteiger partial charge in [0.05, 0.1) is 18.2 Å². The molecule has 1 saturated carbocycles. The number of hydrogen-bond acceptors (Lipinski definition) is 5. The lowest BCUT2D eigenvalue weighted by Crippen LogP contribution is -2.43. The molecule has 0 saturated heterocycles. The number of imidazole rings is 1. The molecule has 2 aromatic heterocycles. The zero-order valence-corrected chi connectivity index (χ0v) is 18.4. The van der Waals surface area contributed by atoms with Gasteiger partial charge in [-0.2, -0.15) is 0 Å². The van der Waals surface area contributed by atoms with E-state index in [1.807, 2.05) is 39.8 Å². The van der Waals surface area contributed by atoms with Gasteiger partial charge in [-0.05, 0) is 56.5 Å². The van der Waals surface area contributed by atoms with Gasteiger partial charge < -0.3 is 19.3 Å². The molecule has 31 heavy (non-hydrogen) atoms. The van der Waals surface area contributed by atoms with Gasteiger partial charge in [-0.1, -0.05) is 18.9 Å². The van der Waals surface area contributed by atoms with Crippen LogP contribution in [0.25, 0.3) is 11.2 Å². The standard InChI is InChI=1S/C24H30N4O3/c1-16(2)28(18-7-4-5-8-18)24(30)19-11-10-17(13-21(19)31-3)14-27-20-9-6-12-25-23(20)26-22(27)15-29/h6,9-13,16,18,29H,4-5,7-8,14-15H2,1-3H3. The summed E-state index contributed by atoms with van der Waals surface area (Å²) in [7, 11) is 1.60. The molecule has 0 aliphatic heterocycles. The molecule has 2 heterocycles. The molecule has 164 valence electrons. The van der Waals surface area contributed by atoms with E-state index >= 15 is 0 Å². The molecule has 0 atom stereocenters. The number of methoxy groups -OCH3 is 1. The zero-order valence-electron chi connectivity index (χ0n) is 18.4. The van der Waals surface area contributed by atoms with E-state index in [4.69, 9.17) is 4.74 Å². The minimum atomic E-state index is -0.172. The Morgan fingerprint density at radius 3 is 2.74 bits per heavy atom.